The molecule has 16 aromatic rings. The number of rotatable bonds is 8. The Morgan fingerprint density at radius 3 is 1.47 bits per heavy atom. The molecule has 1 spiro atoms. The van der Waals surface area contributed by atoms with E-state index in [1.807, 2.05) is 0 Å². The summed E-state index contributed by atoms with van der Waals surface area (Å²) in [5.74, 6) is 0.763. The number of benzene rings is 13. The second-order valence-corrected chi connectivity index (χ2v) is 26.5. The van der Waals surface area contributed by atoms with Crippen LogP contribution in [0, 0.1) is 0 Å². The van der Waals surface area contributed by atoms with Gasteiger partial charge in [0.15, 0.2) is 0 Å². The van der Waals surface area contributed by atoms with Gasteiger partial charge in [-0.15, -0.1) is 0 Å². The first-order chi connectivity index (χ1) is 47.2. The molecule has 0 bridgehead atoms. The van der Waals surface area contributed by atoms with Crippen molar-refractivity contribution in [2.24, 2.45) is 0 Å². The maximum absolute atomic E-state index is 2.51. The molecule has 2 atom stereocenters. The van der Waals surface area contributed by atoms with E-state index in [2.05, 4.69) is 346 Å². The van der Waals surface area contributed by atoms with Gasteiger partial charge >= 0.3 is 0 Å². The molecule has 1 aliphatic heterocycles. The Kier molecular flexibility index (Phi) is 12.0. The van der Waals surface area contributed by atoms with Crippen LogP contribution in [-0.4, -0.2) is 13.7 Å². The highest BCUT2D eigenvalue weighted by molar-refractivity contribution is 6.22. The molecule has 0 N–H and O–H groups in total. The van der Waals surface area contributed by atoms with Crippen molar-refractivity contribution in [3.8, 4) is 39.3 Å². The quantitative estimate of drug-likeness (QED) is 0.139. The number of hydrogen-bond donors (Lipinski definition) is 0. The smallest absolute Gasteiger partial charge is 0.0754 e. The Balaban J connectivity index is 0.652. The summed E-state index contributed by atoms with van der Waals surface area (Å²) in [5.41, 5.74) is 29.2. The van der Waals surface area contributed by atoms with E-state index >= 15 is 0 Å². The van der Waals surface area contributed by atoms with E-state index in [0.29, 0.717) is 5.92 Å². The molecular weight excluding hydrogens is 1150 g/mol. The van der Waals surface area contributed by atoms with E-state index in [4.69, 9.17) is 0 Å². The summed E-state index contributed by atoms with van der Waals surface area (Å²) in [6.45, 7) is 0. The minimum absolute atomic E-state index is 0.215. The first kappa shape index (κ1) is 53.9. The van der Waals surface area contributed by atoms with Gasteiger partial charge < -0.3 is 18.6 Å². The average Bonchev–Trinajstić information content (AvgIpc) is 1.59. The molecule has 0 amide bonds. The average molecular weight is 1210 g/mol. The molecule has 2 unspecified atom stereocenters. The van der Waals surface area contributed by atoms with Crippen molar-refractivity contribution in [2.75, 3.05) is 4.90 Å². The lowest BCUT2D eigenvalue weighted by molar-refractivity contribution is 0.617. The molecule has 4 heterocycles. The van der Waals surface area contributed by atoms with Crippen LogP contribution in [-0.2, 0) is 5.41 Å². The zero-order valence-corrected chi connectivity index (χ0v) is 52.4. The zero-order chi connectivity index (χ0) is 62.3. The fourth-order valence-corrected chi connectivity index (χ4v) is 17.6. The topological polar surface area (TPSA) is 18.0 Å². The van der Waals surface area contributed by atoms with Crippen LogP contribution < -0.4 is 4.90 Å². The number of anilines is 3. The second kappa shape index (κ2) is 21.2. The summed E-state index contributed by atoms with van der Waals surface area (Å²) >= 11 is 0. The van der Waals surface area contributed by atoms with E-state index < -0.39 is 5.41 Å². The van der Waals surface area contributed by atoms with Crippen molar-refractivity contribution in [2.45, 2.75) is 42.9 Å². The van der Waals surface area contributed by atoms with E-state index in [1.54, 1.807) is 0 Å². The van der Waals surface area contributed by atoms with Crippen LogP contribution in [0.15, 0.2) is 328 Å². The Bertz CT molecular complexity index is 5860. The first-order valence-corrected chi connectivity index (χ1v) is 33.8. The van der Waals surface area contributed by atoms with Crippen molar-refractivity contribution in [1.29, 1.82) is 0 Å². The van der Waals surface area contributed by atoms with E-state index in [0.717, 1.165) is 36.3 Å². The number of aromatic nitrogens is 3. The molecule has 3 aromatic heterocycles. The largest absolute Gasteiger partial charge is 0.310 e. The molecule has 3 aliphatic carbocycles. The highest BCUT2D eigenvalue weighted by Gasteiger charge is 2.51. The van der Waals surface area contributed by atoms with Crippen LogP contribution in [0.4, 0.5) is 17.1 Å². The summed E-state index contributed by atoms with van der Waals surface area (Å²) in [4.78, 5) is 2.50. The van der Waals surface area contributed by atoms with Crippen LogP contribution in [0.2, 0.25) is 0 Å². The summed E-state index contributed by atoms with van der Waals surface area (Å²) in [6, 6.07) is 112. The molecule has 20 rings (SSSR count). The van der Waals surface area contributed by atoms with Gasteiger partial charge in [0.2, 0.25) is 0 Å². The van der Waals surface area contributed by atoms with Gasteiger partial charge in [0.1, 0.15) is 0 Å². The lowest BCUT2D eigenvalue weighted by Gasteiger charge is -2.45. The minimum Gasteiger partial charge on any atom is -0.310 e. The predicted molar refractivity (Wildman–Crippen MR) is 397 cm³/mol. The van der Waals surface area contributed by atoms with Gasteiger partial charge in [0, 0.05) is 61.0 Å². The second-order valence-electron chi connectivity index (χ2n) is 26.5. The summed E-state index contributed by atoms with van der Waals surface area (Å²) in [7, 11) is 0. The third kappa shape index (κ3) is 7.95. The number of hydrogen-bond acceptors (Lipinski definition) is 1. The van der Waals surface area contributed by atoms with E-state index in [9.17, 15) is 0 Å². The van der Waals surface area contributed by atoms with Crippen molar-refractivity contribution >= 4 is 88.1 Å². The lowest BCUT2D eigenvalue weighted by atomic mass is 9.64. The first-order valence-electron chi connectivity index (χ1n) is 33.8. The fraction of sp³-hybridized carbons (Fsp3) is 0.0769. The molecule has 4 aliphatic rings. The lowest BCUT2D eigenvalue weighted by Crippen LogP contribution is -2.36. The molecule has 0 radical (unpaired) electrons. The molecule has 4 nitrogen and oxygen atoms in total. The number of nitrogens with zero attached hydrogens (tertiary/aromatic N) is 4. The molecule has 448 valence electrons. The van der Waals surface area contributed by atoms with Gasteiger partial charge in [-0.1, -0.05) is 231 Å². The molecular formula is C91H64N4. The summed E-state index contributed by atoms with van der Waals surface area (Å²) in [6.07, 6.45) is 16.3. The van der Waals surface area contributed by atoms with Gasteiger partial charge in [-0.3, -0.25) is 0 Å². The number of allylic oxidation sites excluding steroid dienone is 6. The Morgan fingerprint density at radius 2 is 0.821 bits per heavy atom. The standard InChI is InChI=1S/C91H64N4/c1-2-23-59(24-3-1)63-27-19-28-66(56-63)94-84-44-15-8-35-75(84)90-73(37-22-48-88(90)94)72-36-21-47-87-89(72)74-34-7-14-43-83(74)92(87)65-52-49-60(50-53-65)61-25-18-26-62(55-61)64-51-54-78-76(57-64)69-31-4-9-38-77(69)91(78)79-39-10-16-45-85(79)95(86-46-17-11-40-80(86)91)68-30-20-29-67(58-68)93-81-41-12-5-32-70(81)71-33-6-13-42-82(71)93/h1-2,4-22,26-59,61H,3,23-25H2. The van der Waals surface area contributed by atoms with Crippen LogP contribution in [0.5, 0.6) is 0 Å². The monoisotopic (exact) mass is 1210 g/mol. The predicted octanol–water partition coefficient (Wildman–Crippen LogP) is 23.7. The van der Waals surface area contributed by atoms with Crippen LogP contribution in [0.3, 0.4) is 0 Å². The highest BCUT2D eigenvalue weighted by atomic mass is 15.2. The number of para-hydroxylation sites is 6. The van der Waals surface area contributed by atoms with Gasteiger partial charge in [0.25, 0.3) is 0 Å². The van der Waals surface area contributed by atoms with E-state index in [-0.39, 0.29) is 5.92 Å². The van der Waals surface area contributed by atoms with Gasteiger partial charge in [0.05, 0.1) is 49.9 Å². The van der Waals surface area contributed by atoms with Gasteiger partial charge in [-0.05, 0) is 195 Å². The fourth-order valence-electron chi connectivity index (χ4n) is 17.6. The zero-order valence-electron chi connectivity index (χ0n) is 52.4. The number of fused-ring (bicyclic) bond motifs is 18. The maximum Gasteiger partial charge on any atom is 0.0754 e. The van der Waals surface area contributed by atoms with Crippen LogP contribution >= 0.6 is 0 Å². The Morgan fingerprint density at radius 1 is 0.316 bits per heavy atom. The molecule has 0 fully saturated rings. The third-order valence-electron chi connectivity index (χ3n) is 21.6. The van der Waals surface area contributed by atoms with Gasteiger partial charge in [-0.25, -0.2) is 0 Å². The SMILES string of the molecule is C1=CCC(c2cccc(-n3c4ccccc4c4c(-c5cccc6c5c5ccccc5n6-c5ccc(C6C=C(c7ccc8c(c7)-c7ccccc7C87c8ccccc8N(c8cccc(-n9c%10ccccc%10c%10ccccc%109)c8)c8ccccc87)C=CC6)cc5)cccc43)c2)CC1. The third-order valence-corrected chi connectivity index (χ3v) is 21.6. The highest BCUT2D eigenvalue weighted by Crippen LogP contribution is 2.64. The summed E-state index contributed by atoms with van der Waals surface area (Å²) < 4.78 is 7.41. The van der Waals surface area contributed by atoms with Crippen molar-refractivity contribution in [3.63, 3.8) is 0 Å². The molecule has 4 heteroatoms. The van der Waals surface area contributed by atoms with Gasteiger partial charge in [-0.2, -0.15) is 0 Å². The van der Waals surface area contributed by atoms with Crippen molar-refractivity contribution in [1.82, 2.24) is 13.7 Å². The van der Waals surface area contributed by atoms with Crippen LogP contribution in [0.25, 0.3) is 110 Å². The maximum atomic E-state index is 2.51. The minimum atomic E-state index is -0.549. The van der Waals surface area contributed by atoms with Crippen LogP contribution in [0.1, 0.15) is 76.5 Å². The molecule has 95 heavy (non-hydrogen) atoms. The van der Waals surface area contributed by atoms with E-state index in [1.165, 1.54) is 156 Å². The Hall–Kier alpha value is -11.7. The Labute approximate surface area is 552 Å². The normalized spacial score (nSPS) is 16.1. The summed E-state index contributed by atoms with van der Waals surface area (Å²) in [5, 5.41) is 7.59. The molecule has 0 saturated carbocycles. The van der Waals surface area contributed by atoms with Crippen molar-refractivity contribution in [3.05, 3.63) is 367 Å². The van der Waals surface area contributed by atoms with Crippen molar-refractivity contribution < 1.29 is 0 Å². The molecule has 0 saturated heterocycles. The molecule has 13 aromatic carbocycles.